The molecule has 2 amide bonds. The smallest absolute Gasteiger partial charge is 0.353 e. The molecule has 3 N–H and O–H groups in total. The van der Waals surface area contributed by atoms with Gasteiger partial charge in [0.1, 0.15) is 5.70 Å². The average Bonchev–Trinajstić information content (AvgIpc) is 2.76. The lowest BCUT2D eigenvalue weighted by molar-refractivity contribution is -0.161. The third kappa shape index (κ3) is 3.56. The van der Waals surface area contributed by atoms with Crippen LogP contribution in [0.15, 0.2) is 15.6 Å². The number of fused-ring (bicyclic) bond motifs is 1. The number of amides is 2. The lowest BCUT2D eigenvalue weighted by Gasteiger charge is -2.44. The van der Waals surface area contributed by atoms with E-state index in [1.54, 1.807) is 6.92 Å². The van der Waals surface area contributed by atoms with Gasteiger partial charge in [0.15, 0.2) is 0 Å². The number of nitrogens with zero attached hydrogens (tertiary/aromatic N) is 2. The van der Waals surface area contributed by atoms with Gasteiger partial charge in [-0.2, -0.15) is 0 Å². The largest absolute Gasteiger partial charge is 0.477 e. The van der Waals surface area contributed by atoms with Gasteiger partial charge in [-0.1, -0.05) is 0 Å². The monoisotopic (exact) mass is 341 g/mol. The van der Waals surface area contributed by atoms with Crippen molar-refractivity contribution in [2.75, 3.05) is 12.3 Å². The lowest BCUT2D eigenvalue weighted by Crippen LogP contribution is -2.61. The number of rotatable bonds is 7. The second kappa shape index (κ2) is 7.14. The van der Waals surface area contributed by atoms with Crippen molar-refractivity contribution in [1.82, 2.24) is 10.2 Å². The normalized spacial score (nSPS) is 24.7. The Hall–Kier alpha value is -1.87. The van der Waals surface area contributed by atoms with E-state index >= 15 is 0 Å². The highest BCUT2D eigenvalue weighted by Crippen LogP contribution is 2.46. The molecule has 0 saturated carbocycles. The highest BCUT2D eigenvalue weighted by atomic mass is 32.2. The van der Waals surface area contributed by atoms with Gasteiger partial charge in [0.25, 0.3) is 0 Å². The van der Waals surface area contributed by atoms with Gasteiger partial charge >= 0.3 is 5.97 Å². The quantitative estimate of drug-likeness (QED) is 0.255. The minimum absolute atomic E-state index is 0.0211. The van der Waals surface area contributed by atoms with Crippen molar-refractivity contribution in [2.45, 2.75) is 32.4 Å². The van der Waals surface area contributed by atoms with Gasteiger partial charge in [-0.05, 0) is 6.92 Å². The molecule has 0 aromatic heterocycles. The molecule has 2 heterocycles. The molecule has 1 fully saturated rings. The first-order valence-electron chi connectivity index (χ1n) is 7.20. The number of hydrogen-bond acceptors (Lipinski definition) is 6. The summed E-state index contributed by atoms with van der Waals surface area (Å²) in [7, 11) is 0. The highest BCUT2D eigenvalue weighted by Gasteiger charge is 2.56. The van der Waals surface area contributed by atoms with Crippen molar-refractivity contribution >= 4 is 35.9 Å². The van der Waals surface area contributed by atoms with Crippen LogP contribution in [0.4, 0.5) is 0 Å². The highest BCUT2D eigenvalue weighted by molar-refractivity contribution is 8.03. The van der Waals surface area contributed by atoms with E-state index < -0.39 is 18.0 Å². The predicted octanol–water partition coefficient (Wildman–Crippen LogP) is -0.208. The Morgan fingerprint density at radius 1 is 1.57 bits per heavy atom. The molecule has 3 atom stereocenters. The number of hydrogen-bond donors (Lipinski definition) is 3. The maximum atomic E-state index is 12.0. The zero-order valence-corrected chi connectivity index (χ0v) is 13.7. The summed E-state index contributed by atoms with van der Waals surface area (Å²) in [6.45, 7) is 3.34. The lowest BCUT2D eigenvalue weighted by atomic mass is 9.83. The fourth-order valence-electron chi connectivity index (χ4n) is 2.78. The molecule has 0 spiro atoms. The van der Waals surface area contributed by atoms with E-state index in [0.717, 1.165) is 0 Å². The van der Waals surface area contributed by atoms with Crippen molar-refractivity contribution in [1.29, 1.82) is 0 Å². The van der Waals surface area contributed by atoms with E-state index in [2.05, 4.69) is 10.3 Å². The van der Waals surface area contributed by atoms with Crippen molar-refractivity contribution < 1.29 is 24.6 Å². The molecular weight excluding hydrogens is 322 g/mol. The van der Waals surface area contributed by atoms with E-state index in [4.69, 9.17) is 0 Å². The van der Waals surface area contributed by atoms with Crippen molar-refractivity contribution in [3.63, 3.8) is 0 Å². The topological polar surface area (TPSA) is 119 Å². The van der Waals surface area contributed by atoms with Gasteiger partial charge < -0.3 is 20.4 Å². The van der Waals surface area contributed by atoms with Crippen molar-refractivity contribution in [3.8, 4) is 0 Å². The molecule has 0 bridgehead atoms. The van der Waals surface area contributed by atoms with Crippen LogP contribution in [0.25, 0.3) is 0 Å². The first-order chi connectivity index (χ1) is 10.8. The third-order valence-electron chi connectivity index (χ3n) is 3.75. The Morgan fingerprint density at radius 3 is 2.83 bits per heavy atom. The molecule has 0 radical (unpaired) electrons. The SMILES string of the molecule is CC(=O)NC=NCCSC1=C(C(=O)O)N2C(=O)[C@H]([C@@H](C)O)[C@@H]2C1. The molecule has 0 unspecified atom stereocenters. The Bertz CT molecular complexity index is 587. The van der Waals surface area contributed by atoms with Crippen LogP contribution in [0.1, 0.15) is 20.3 Å². The fourth-order valence-corrected chi connectivity index (χ4v) is 3.84. The van der Waals surface area contributed by atoms with E-state index in [1.165, 1.54) is 29.9 Å². The average molecular weight is 341 g/mol. The van der Waals surface area contributed by atoms with Crippen LogP contribution in [-0.4, -0.2) is 63.7 Å². The number of aliphatic imine (C=N–C) groups is 1. The Morgan fingerprint density at radius 2 is 2.26 bits per heavy atom. The molecule has 0 aliphatic carbocycles. The standard InChI is InChI=1S/C14H19N3O5S/c1-7(18)11-9-5-10(12(14(21)22)17(9)13(11)20)23-4-3-15-6-16-8(2)19/h6-7,9,11,18H,3-5H2,1-2H3,(H,21,22)(H,15,16,19)/t7-,9+,11-/m1/s1. The molecule has 2 aliphatic heterocycles. The molecule has 0 aromatic rings. The van der Waals surface area contributed by atoms with Crippen LogP contribution in [0.5, 0.6) is 0 Å². The summed E-state index contributed by atoms with van der Waals surface area (Å²) in [5.41, 5.74) is 0.0211. The minimum atomic E-state index is -1.13. The van der Waals surface area contributed by atoms with Crippen LogP contribution in [0, 0.1) is 5.92 Å². The molecular formula is C14H19N3O5S. The molecule has 0 aromatic carbocycles. The van der Waals surface area contributed by atoms with Gasteiger partial charge in [0.05, 0.1) is 30.9 Å². The van der Waals surface area contributed by atoms with Crippen LogP contribution >= 0.6 is 11.8 Å². The first-order valence-corrected chi connectivity index (χ1v) is 8.19. The second-order valence-corrected chi connectivity index (χ2v) is 6.60. The summed E-state index contributed by atoms with van der Waals surface area (Å²) in [5.74, 6) is -1.66. The van der Waals surface area contributed by atoms with Crippen LogP contribution in [-0.2, 0) is 14.4 Å². The van der Waals surface area contributed by atoms with E-state index in [1.807, 2.05) is 0 Å². The molecule has 2 aliphatic rings. The van der Waals surface area contributed by atoms with Gasteiger partial charge in [0, 0.05) is 24.0 Å². The van der Waals surface area contributed by atoms with E-state index in [9.17, 15) is 24.6 Å². The Balaban J connectivity index is 1.96. The number of β-lactam (4-membered cyclic amide) rings is 1. The number of carboxylic acid groups (broad SMARTS) is 1. The first kappa shape index (κ1) is 17.5. The maximum absolute atomic E-state index is 12.0. The third-order valence-corrected chi connectivity index (χ3v) is 4.84. The number of aliphatic hydroxyl groups excluding tert-OH is 1. The van der Waals surface area contributed by atoms with Crippen LogP contribution in [0.3, 0.4) is 0 Å². The van der Waals surface area contributed by atoms with Gasteiger partial charge in [0.2, 0.25) is 11.8 Å². The number of carboxylic acids is 1. The van der Waals surface area contributed by atoms with Crippen LogP contribution in [0.2, 0.25) is 0 Å². The van der Waals surface area contributed by atoms with Crippen molar-refractivity contribution in [3.05, 3.63) is 10.6 Å². The maximum Gasteiger partial charge on any atom is 0.353 e. The number of thioether (sulfide) groups is 1. The molecule has 9 heteroatoms. The van der Waals surface area contributed by atoms with Gasteiger partial charge in [-0.25, -0.2) is 4.79 Å². The summed E-state index contributed by atoms with van der Waals surface area (Å²) in [5, 5.41) is 21.4. The number of nitrogens with one attached hydrogen (secondary N) is 1. The number of aliphatic carboxylic acids is 1. The molecule has 126 valence electrons. The van der Waals surface area contributed by atoms with E-state index in [-0.39, 0.29) is 23.6 Å². The fraction of sp³-hybridized carbons (Fsp3) is 0.571. The number of aliphatic hydroxyl groups is 1. The predicted molar refractivity (Wildman–Crippen MR) is 84.7 cm³/mol. The summed E-state index contributed by atoms with van der Waals surface area (Å²) in [6, 6.07) is -0.265. The van der Waals surface area contributed by atoms with Gasteiger partial charge in [-0.15, -0.1) is 11.8 Å². The van der Waals surface area contributed by atoms with Crippen molar-refractivity contribution in [2.24, 2.45) is 10.9 Å². The zero-order chi connectivity index (χ0) is 17.1. The summed E-state index contributed by atoms with van der Waals surface area (Å²) in [4.78, 5) is 40.0. The summed E-state index contributed by atoms with van der Waals surface area (Å²) < 4.78 is 0. The molecule has 8 nitrogen and oxygen atoms in total. The summed E-state index contributed by atoms with van der Waals surface area (Å²) >= 11 is 1.34. The second-order valence-electron chi connectivity index (χ2n) is 5.41. The van der Waals surface area contributed by atoms with Gasteiger partial charge in [-0.3, -0.25) is 14.6 Å². The number of carbonyl (C=O) groups excluding carboxylic acids is 2. The molecule has 1 saturated heterocycles. The molecule has 2 rings (SSSR count). The van der Waals surface area contributed by atoms with E-state index in [0.29, 0.717) is 23.6 Å². The summed E-state index contributed by atoms with van der Waals surface area (Å²) in [6.07, 6.45) is 0.971. The number of carbonyl (C=O) groups is 3. The molecule has 23 heavy (non-hydrogen) atoms. The zero-order valence-electron chi connectivity index (χ0n) is 12.9. The van der Waals surface area contributed by atoms with Crippen LogP contribution < -0.4 is 5.32 Å². The Labute approximate surface area is 137 Å². The minimum Gasteiger partial charge on any atom is -0.477 e. The Kier molecular flexibility index (Phi) is 5.42.